The molecular weight excluding hydrogens is 460 g/mol. The molecule has 1 aliphatic carbocycles. The van der Waals surface area contributed by atoms with Gasteiger partial charge in [0.05, 0.1) is 26.0 Å². The van der Waals surface area contributed by atoms with Crippen LogP contribution in [0.15, 0.2) is 83.5 Å². The summed E-state index contributed by atoms with van der Waals surface area (Å²) >= 11 is 6.06. The van der Waals surface area contributed by atoms with Crippen molar-refractivity contribution < 1.29 is 14.3 Å². The lowest BCUT2D eigenvalue weighted by Gasteiger charge is -2.29. The minimum Gasteiger partial charge on any atom is -0.497 e. The molecule has 0 spiro atoms. The Balaban J connectivity index is 1.55. The summed E-state index contributed by atoms with van der Waals surface area (Å²) in [6.07, 6.45) is 5.13. The lowest BCUT2D eigenvalue weighted by Crippen LogP contribution is -2.31. The van der Waals surface area contributed by atoms with Gasteiger partial charge in [-0.15, -0.1) is 0 Å². The summed E-state index contributed by atoms with van der Waals surface area (Å²) in [7, 11) is 3.32. The molecule has 1 amide bonds. The van der Waals surface area contributed by atoms with Crippen LogP contribution in [0.25, 0.3) is 6.08 Å². The summed E-state index contributed by atoms with van der Waals surface area (Å²) in [4.78, 5) is 13.7. The van der Waals surface area contributed by atoms with Crippen molar-refractivity contribution in [2.24, 2.45) is 11.0 Å². The number of allylic oxidation sites excluding steroid dienone is 1. The van der Waals surface area contributed by atoms with Crippen LogP contribution < -0.4 is 9.47 Å². The summed E-state index contributed by atoms with van der Waals surface area (Å²) in [5.41, 5.74) is 4.87. The molecule has 3 aromatic carbocycles. The quantitative estimate of drug-likeness (QED) is 0.398. The van der Waals surface area contributed by atoms with E-state index in [0.29, 0.717) is 10.6 Å². The fourth-order valence-corrected chi connectivity index (χ4v) is 5.05. The highest BCUT2D eigenvalue weighted by Crippen LogP contribution is 2.45. The van der Waals surface area contributed by atoms with E-state index >= 15 is 0 Å². The first-order chi connectivity index (χ1) is 17.1. The zero-order chi connectivity index (χ0) is 24.4. The van der Waals surface area contributed by atoms with Crippen molar-refractivity contribution in [2.45, 2.75) is 25.3 Å². The summed E-state index contributed by atoms with van der Waals surface area (Å²) in [5, 5.41) is 7.23. The van der Waals surface area contributed by atoms with Crippen molar-refractivity contribution in [3.8, 4) is 11.5 Å². The highest BCUT2D eigenvalue weighted by atomic mass is 35.5. The fourth-order valence-electron chi connectivity index (χ4n) is 4.93. The van der Waals surface area contributed by atoms with Crippen LogP contribution in [0.2, 0.25) is 5.02 Å². The highest BCUT2D eigenvalue weighted by molar-refractivity contribution is 6.30. The van der Waals surface area contributed by atoms with Crippen LogP contribution in [0.5, 0.6) is 11.5 Å². The normalized spacial score (nSPS) is 20.4. The van der Waals surface area contributed by atoms with Crippen molar-refractivity contribution in [1.82, 2.24) is 5.01 Å². The van der Waals surface area contributed by atoms with E-state index in [1.54, 1.807) is 43.5 Å². The number of benzene rings is 3. The Hall–Kier alpha value is -3.57. The smallest absolute Gasteiger partial charge is 0.274 e. The molecule has 35 heavy (non-hydrogen) atoms. The van der Waals surface area contributed by atoms with Crippen molar-refractivity contribution in [2.75, 3.05) is 14.2 Å². The van der Waals surface area contributed by atoms with Gasteiger partial charge in [-0.25, -0.2) is 5.01 Å². The summed E-state index contributed by atoms with van der Waals surface area (Å²) in [6, 6.07) is 22.8. The van der Waals surface area contributed by atoms with Crippen molar-refractivity contribution in [1.29, 1.82) is 0 Å². The van der Waals surface area contributed by atoms with Gasteiger partial charge in [-0.3, -0.25) is 4.79 Å². The van der Waals surface area contributed by atoms with E-state index in [1.807, 2.05) is 48.5 Å². The summed E-state index contributed by atoms with van der Waals surface area (Å²) in [6.45, 7) is 0. The van der Waals surface area contributed by atoms with Crippen molar-refractivity contribution in [3.63, 3.8) is 0 Å². The second-order valence-corrected chi connectivity index (χ2v) is 9.24. The Labute approximate surface area is 210 Å². The molecule has 2 aliphatic rings. The van der Waals surface area contributed by atoms with E-state index in [9.17, 15) is 4.79 Å². The first kappa shape index (κ1) is 23.2. The minimum absolute atomic E-state index is 0.123. The average molecular weight is 487 g/mol. The molecule has 0 bridgehead atoms. The molecule has 6 heteroatoms. The topological polar surface area (TPSA) is 51.1 Å². The molecule has 0 unspecified atom stereocenters. The number of rotatable bonds is 5. The Morgan fingerprint density at radius 2 is 1.57 bits per heavy atom. The van der Waals surface area contributed by atoms with Crippen LogP contribution in [0, 0.1) is 5.92 Å². The van der Waals surface area contributed by atoms with Crippen LogP contribution in [-0.2, 0) is 0 Å². The number of nitrogens with zero attached hydrogens (tertiary/aromatic N) is 2. The Morgan fingerprint density at radius 3 is 2.20 bits per heavy atom. The second kappa shape index (κ2) is 9.96. The third kappa shape index (κ3) is 4.69. The van der Waals surface area contributed by atoms with Crippen LogP contribution in [0.3, 0.4) is 0 Å². The van der Waals surface area contributed by atoms with Crippen LogP contribution in [0.4, 0.5) is 0 Å². The number of hydrazone groups is 1. The maximum absolute atomic E-state index is 13.7. The third-order valence-electron chi connectivity index (χ3n) is 6.71. The van der Waals surface area contributed by atoms with Crippen LogP contribution in [0.1, 0.15) is 46.8 Å². The van der Waals surface area contributed by atoms with Crippen LogP contribution >= 0.6 is 11.6 Å². The number of fused-ring (bicyclic) bond motifs is 1. The molecule has 0 aromatic heterocycles. The van der Waals surface area contributed by atoms with E-state index in [2.05, 4.69) is 6.08 Å². The van der Waals surface area contributed by atoms with Crippen molar-refractivity contribution >= 4 is 29.3 Å². The molecule has 5 nitrogen and oxygen atoms in total. The largest absolute Gasteiger partial charge is 0.497 e. The molecule has 1 heterocycles. The monoisotopic (exact) mass is 486 g/mol. The van der Waals surface area contributed by atoms with E-state index < -0.39 is 0 Å². The molecule has 3 aromatic rings. The molecule has 178 valence electrons. The number of carbonyl (C=O) groups excluding carboxylic acids is 1. The summed E-state index contributed by atoms with van der Waals surface area (Å²) < 4.78 is 10.6. The molecule has 5 rings (SSSR count). The second-order valence-electron chi connectivity index (χ2n) is 8.80. The van der Waals surface area contributed by atoms with Gasteiger partial charge >= 0.3 is 0 Å². The van der Waals surface area contributed by atoms with Gasteiger partial charge in [-0.2, -0.15) is 5.10 Å². The first-order valence-electron chi connectivity index (χ1n) is 11.7. The zero-order valence-corrected chi connectivity index (χ0v) is 20.5. The number of hydrogen-bond acceptors (Lipinski definition) is 4. The number of carbonyl (C=O) groups is 1. The van der Waals surface area contributed by atoms with Crippen LogP contribution in [-0.4, -0.2) is 30.8 Å². The zero-order valence-electron chi connectivity index (χ0n) is 19.8. The molecule has 1 fully saturated rings. The molecular formula is C29H27ClN2O3. The lowest BCUT2D eigenvalue weighted by atomic mass is 9.77. The highest BCUT2D eigenvalue weighted by Gasteiger charge is 2.43. The van der Waals surface area contributed by atoms with E-state index in [0.717, 1.165) is 47.6 Å². The molecule has 0 saturated heterocycles. The molecule has 1 aliphatic heterocycles. The Kier molecular flexibility index (Phi) is 6.60. The molecule has 0 radical (unpaired) electrons. The predicted molar refractivity (Wildman–Crippen MR) is 139 cm³/mol. The Morgan fingerprint density at radius 1 is 0.943 bits per heavy atom. The van der Waals surface area contributed by atoms with Gasteiger partial charge in [0.2, 0.25) is 0 Å². The van der Waals surface area contributed by atoms with E-state index in [1.165, 1.54) is 5.57 Å². The number of methoxy groups -OCH3 is 2. The maximum atomic E-state index is 13.7. The van der Waals surface area contributed by atoms with Gasteiger partial charge in [-0.1, -0.05) is 35.9 Å². The standard InChI is InChI=1S/C29H27ClN2O3/c1-34-24-14-6-19(7-15-24)18-22-4-3-5-26-27(22)31-32(29(33)21-8-12-23(30)13-9-21)28(26)20-10-16-25(35-2)17-11-20/h6-18,26,28H,3-5H2,1-2H3/b22-18+/t26-,28-/m1/s1. The SMILES string of the molecule is COc1ccc(/C=C2\CCC[C@@H]3C2=NN(C(=O)c2ccc(Cl)cc2)[C@@H]3c2ccc(OC)cc2)cc1. The maximum Gasteiger partial charge on any atom is 0.274 e. The van der Waals surface area contributed by atoms with Gasteiger partial charge < -0.3 is 9.47 Å². The molecule has 2 atom stereocenters. The van der Waals surface area contributed by atoms with Crippen molar-refractivity contribution in [3.05, 3.63) is 100 Å². The lowest BCUT2D eigenvalue weighted by molar-refractivity contribution is 0.0681. The minimum atomic E-state index is -0.182. The Bertz CT molecular complexity index is 1260. The van der Waals surface area contributed by atoms with Gasteiger partial charge in [0.1, 0.15) is 11.5 Å². The number of ether oxygens (including phenoxy) is 2. The van der Waals surface area contributed by atoms with Gasteiger partial charge in [0.15, 0.2) is 0 Å². The average Bonchev–Trinajstić information content (AvgIpc) is 3.30. The third-order valence-corrected chi connectivity index (χ3v) is 6.97. The van der Waals surface area contributed by atoms with Gasteiger partial charge in [0.25, 0.3) is 5.91 Å². The van der Waals surface area contributed by atoms with Gasteiger partial charge in [-0.05, 0) is 90.6 Å². The predicted octanol–water partition coefficient (Wildman–Crippen LogP) is 6.79. The number of hydrogen-bond donors (Lipinski definition) is 0. The molecule has 1 saturated carbocycles. The van der Waals surface area contributed by atoms with E-state index in [-0.39, 0.29) is 17.9 Å². The number of amides is 1. The first-order valence-corrected chi connectivity index (χ1v) is 12.1. The fraction of sp³-hybridized carbons (Fsp3) is 0.241. The van der Waals surface area contributed by atoms with E-state index in [4.69, 9.17) is 26.2 Å². The molecule has 0 N–H and O–H groups in total. The van der Waals surface area contributed by atoms with Gasteiger partial charge in [0, 0.05) is 16.5 Å². The number of halogens is 1. The summed E-state index contributed by atoms with van der Waals surface area (Å²) in [5.74, 6) is 1.60.